The van der Waals surface area contributed by atoms with E-state index in [2.05, 4.69) is 10.2 Å². The zero-order valence-electron chi connectivity index (χ0n) is 15.7. The lowest BCUT2D eigenvalue weighted by molar-refractivity contribution is 0.0390. The normalized spacial score (nSPS) is 24.8. The molecule has 2 atom stereocenters. The largest absolute Gasteiger partial charge is 0.338 e. The fourth-order valence-electron chi connectivity index (χ4n) is 5.04. The molecule has 26 heavy (non-hydrogen) atoms. The zero-order valence-corrected chi connectivity index (χ0v) is 15.7. The van der Waals surface area contributed by atoms with Crippen LogP contribution >= 0.6 is 0 Å². The molecule has 1 aromatic rings. The van der Waals surface area contributed by atoms with E-state index in [1.165, 1.54) is 25.7 Å². The number of fused-ring (bicyclic) bond motifs is 2. The molecule has 140 valence electrons. The number of piperidine rings is 1. The Morgan fingerprint density at radius 3 is 2.77 bits per heavy atom. The zero-order chi connectivity index (χ0) is 18.1. The highest BCUT2D eigenvalue weighted by Crippen LogP contribution is 2.36. The summed E-state index contributed by atoms with van der Waals surface area (Å²) in [6, 6.07) is 6.26. The maximum atomic E-state index is 13.2. The third-order valence-corrected chi connectivity index (χ3v) is 6.30. The Morgan fingerprint density at radius 1 is 1.12 bits per heavy atom. The molecular formula is C21H29N3O2. The summed E-state index contributed by atoms with van der Waals surface area (Å²) >= 11 is 0. The lowest BCUT2D eigenvalue weighted by atomic mass is 9.78. The Balaban J connectivity index is 1.53. The number of anilines is 1. The van der Waals surface area contributed by atoms with Gasteiger partial charge in [-0.05, 0) is 68.7 Å². The predicted octanol–water partition coefficient (Wildman–Crippen LogP) is 3.57. The van der Waals surface area contributed by atoms with Crippen molar-refractivity contribution in [2.24, 2.45) is 5.92 Å². The van der Waals surface area contributed by atoms with Crippen molar-refractivity contribution in [2.75, 3.05) is 24.5 Å². The van der Waals surface area contributed by atoms with Crippen LogP contribution in [0, 0.1) is 5.92 Å². The molecule has 0 radical (unpaired) electrons. The average Bonchev–Trinajstić information content (AvgIpc) is 3.10. The van der Waals surface area contributed by atoms with E-state index in [0.717, 1.165) is 42.6 Å². The molecule has 2 fully saturated rings. The van der Waals surface area contributed by atoms with Crippen LogP contribution in [0.5, 0.6) is 0 Å². The van der Waals surface area contributed by atoms with Crippen molar-refractivity contribution >= 4 is 17.6 Å². The van der Waals surface area contributed by atoms with Crippen molar-refractivity contribution in [2.45, 2.75) is 57.9 Å². The minimum Gasteiger partial charge on any atom is -0.338 e. The van der Waals surface area contributed by atoms with Crippen LogP contribution in [0.3, 0.4) is 0 Å². The van der Waals surface area contributed by atoms with Crippen LogP contribution in [-0.2, 0) is 6.42 Å². The standard InChI is InChI=1S/C21H29N3O2/c1-2-22-21(26)24-13-11-16-14-17(9-10-19(16)24)20(25)23-12-5-7-15-6-3-4-8-18(15)23/h9-10,14-15,18H,2-8,11-13H2,1H3,(H,22,26)/t15-,18-/m1/s1. The maximum absolute atomic E-state index is 13.2. The van der Waals surface area contributed by atoms with E-state index >= 15 is 0 Å². The number of carbonyl (C=O) groups excluding carboxylic acids is 2. The van der Waals surface area contributed by atoms with E-state index in [4.69, 9.17) is 0 Å². The molecule has 5 heteroatoms. The van der Waals surface area contributed by atoms with Crippen molar-refractivity contribution in [3.63, 3.8) is 0 Å². The quantitative estimate of drug-likeness (QED) is 0.882. The first kappa shape index (κ1) is 17.4. The molecule has 0 bridgehead atoms. The van der Waals surface area contributed by atoms with Gasteiger partial charge in [-0.15, -0.1) is 0 Å². The van der Waals surface area contributed by atoms with Crippen LogP contribution in [-0.4, -0.2) is 42.5 Å². The van der Waals surface area contributed by atoms with Crippen molar-refractivity contribution < 1.29 is 9.59 Å². The van der Waals surface area contributed by atoms with E-state index in [1.54, 1.807) is 4.90 Å². The van der Waals surface area contributed by atoms with Crippen LogP contribution in [0.1, 0.15) is 61.4 Å². The summed E-state index contributed by atoms with van der Waals surface area (Å²) in [7, 11) is 0. The van der Waals surface area contributed by atoms with E-state index < -0.39 is 0 Å². The highest BCUT2D eigenvalue weighted by Gasteiger charge is 2.36. The lowest BCUT2D eigenvalue weighted by Gasteiger charge is -2.44. The summed E-state index contributed by atoms with van der Waals surface area (Å²) < 4.78 is 0. The molecule has 2 heterocycles. The molecule has 4 rings (SSSR count). The molecule has 3 aliphatic rings. The van der Waals surface area contributed by atoms with E-state index in [0.29, 0.717) is 25.0 Å². The molecule has 2 aliphatic heterocycles. The third kappa shape index (κ3) is 3.08. The van der Waals surface area contributed by atoms with Crippen LogP contribution in [0.4, 0.5) is 10.5 Å². The van der Waals surface area contributed by atoms with Gasteiger partial charge in [-0.25, -0.2) is 4.79 Å². The van der Waals surface area contributed by atoms with Gasteiger partial charge in [0.25, 0.3) is 5.91 Å². The first-order chi connectivity index (χ1) is 12.7. The second-order valence-corrected chi connectivity index (χ2v) is 7.83. The van der Waals surface area contributed by atoms with Gasteiger partial charge in [-0.2, -0.15) is 0 Å². The van der Waals surface area contributed by atoms with Gasteiger partial charge in [0.05, 0.1) is 0 Å². The number of hydrogen-bond donors (Lipinski definition) is 1. The van der Waals surface area contributed by atoms with Gasteiger partial charge in [0.2, 0.25) is 0 Å². The lowest BCUT2D eigenvalue weighted by Crippen LogP contribution is -2.49. The molecule has 1 N–H and O–H groups in total. The fourth-order valence-corrected chi connectivity index (χ4v) is 5.04. The molecule has 1 aliphatic carbocycles. The summed E-state index contributed by atoms with van der Waals surface area (Å²) in [5.74, 6) is 0.880. The number of nitrogens with one attached hydrogen (secondary N) is 1. The third-order valence-electron chi connectivity index (χ3n) is 6.30. The topological polar surface area (TPSA) is 52.7 Å². The molecule has 3 amide bonds. The van der Waals surface area contributed by atoms with Gasteiger partial charge in [-0.3, -0.25) is 9.69 Å². The number of hydrogen-bond acceptors (Lipinski definition) is 2. The Bertz CT molecular complexity index is 700. The van der Waals surface area contributed by atoms with Gasteiger partial charge in [0, 0.05) is 36.9 Å². The SMILES string of the molecule is CCNC(=O)N1CCc2cc(C(=O)N3CCC[C@H]4CCCC[C@H]43)ccc21. The molecule has 1 saturated carbocycles. The van der Waals surface area contributed by atoms with Crippen molar-refractivity contribution in [1.82, 2.24) is 10.2 Å². The second kappa shape index (κ2) is 7.29. The van der Waals surface area contributed by atoms with Gasteiger partial charge in [0.1, 0.15) is 0 Å². The van der Waals surface area contributed by atoms with E-state index in [1.807, 2.05) is 25.1 Å². The number of benzene rings is 1. The summed E-state index contributed by atoms with van der Waals surface area (Å²) in [5, 5.41) is 2.86. The number of urea groups is 1. The van der Waals surface area contributed by atoms with Gasteiger partial charge in [0.15, 0.2) is 0 Å². The molecule has 1 saturated heterocycles. The molecule has 5 nitrogen and oxygen atoms in total. The van der Waals surface area contributed by atoms with E-state index in [-0.39, 0.29) is 11.9 Å². The second-order valence-electron chi connectivity index (χ2n) is 7.83. The number of rotatable bonds is 2. The Hall–Kier alpha value is -2.04. The van der Waals surface area contributed by atoms with Crippen LogP contribution in [0.15, 0.2) is 18.2 Å². The Kier molecular flexibility index (Phi) is 4.88. The van der Waals surface area contributed by atoms with Crippen LogP contribution in [0.25, 0.3) is 0 Å². The molecule has 0 aromatic heterocycles. The minimum atomic E-state index is -0.0496. The fraction of sp³-hybridized carbons (Fsp3) is 0.619. The summed E-state index contributed by atoms with van der Waals surface area (Å²) in [6.07, 6.45) is 8.23. The van der Waals surface area contributed by atoms with Gasteiger partial charge in [-0.1, -0.05) is 12.8 Å². The van der Waals surface area contributed by atoms with E-state index in [9.17, 15) is 9.59 Å². The van der Waals surface area contributed by atoms with Gasteiger partial charge < -0.3 is 10.2 Å². The van der Waals surface area contributed by atoms with Crippen molar-refractivity contribution in [1.29, 1.82) is 0 Å². The highest BCUT2D eigenvalue weighted by atomic mass is 16.2. The predicted molar refractivity (Wildman–Crippen MR) is 103 cm³/mol. The molecule has 0 unspecified atom stereocenters. The highest BCUT2D eigenvalue weighted by molar-refractivity contribution is 5.98. The number of likely N-dealkylation sites (tertiary alicyclic amines) is 1. The molecule has 1 aromatic carbocycles. The Labute approximate surface area is 155 Å². The van der Waals surface area contributed by atoms with Crippen molar-refractivity contribution in [3.05, 3.63) is 29.3 Å². The first-order valence-electron chi connectivity index (χ1n) is 10.2. The first-order valence-corrected chi connectivity index (χ1v) is 10.2. The average molecular weight is 355 g/mol. The summed E-state index contributed by atoms with van der Waals surface area (Å²) in [5.41, 5.74) is 2.84. The number of nitrogens with zero attached hydrogens (tertiary/aromatic N) is 2. The summed E-state index contributed by atoms with van der Waals surface area (Å²) in [4.78, 5) is 29.3. The van der Waals surface area contributed by atoms with Crippen molar-refractivity contribution in [3.8, 4) is 0 Å². The van der Waals surface area contributed by atoms with Gasteiger partial charge >= 0.3 is 6.03 Å². The smallest absolute Gasteiger partial charge is 0.321 e. The monoisotopic (exact) mass is 355 g/mol. The number of amides is 3. The maximum Gasteiger partial charge on any atom is 0.321 e. The summed E-state index contributed by atoms with van der Waals surface area (Å²) in [6.45, 7) is 4.13. The van der Waals surface area contributed by atoms with Crippen LogP contribution in [0.2, 0.25) is 0 Å². The van der Waals surface area contributed by atoms with Crippen LogP contribution < -0.4 is 10.2 Å². The minimum absolute atomic E-state index is 0.0496. The molecular weight excluding hydrogens is 326 g/mol. The number of carbonyl (C=O) groups is 2. The Morgan fingerprint density at radius 2 is 1.92 bits per heavy atom. The molecule has 0 spiro atoms.